The predicted octanol–water partition coefficient (Wildman–Crippen LogP) is 1.31. The third kappa shape index (κ3) is 3.80. The molecular weight excluding hydrogens is 256 g/mol. The van der Waals surface area contributed by atoms with Crippen molar-refractivity contribution in [1.82, 2.24) is 9.97 Å². The van der Waals surface area contributed by atoms with Crippen LogP contribution in [0.4, 0.5) is 11.6 Å². The zero-order chi connectivity index (χ0) is 14.8. The lowest BCUT2D eigenvalue weighted by Crippen LogP contribution is -2.42. The van der Waals surface area contributed by atoms with E-state index in [1.807, 2.05) is 20.8 Å². The molecule has 0 bridgehead atoms. The van der Waals surface area contributed by atoms with Crippen LogP contribution in [-0.2, 0) is 10.2 Å². The average Bonchev–Trinajstić information content (AvgIpc) is 2.36. The van der Waals surface area contributed by atoms with Gasteiger partial charge in [-0.15, -0.1) is 0 Å². The standard InChI is InChI=1S/C14H24N4O2/c1-13(2,3)12-17-10(15)8-11(18-12)16-9-14(19)4-6-20-7-5-14/h8,19H,4-7,9H2,1-3H3,(H3,15,16,17,18). The number of hydrogen-bond acceptors (Lipinski definition) is 6. The first kappa shape index (κ1) is 15.0. The van der Waals surface area contributed by atoms with Crippen LogP contribution >= 0.6 is 0 Å². The molecule has 0 atom stereocenters. The number of nitrogen functional groups attached to an aromatic ring is 1. The number of aromatic nitrogens is 2. The van der Waals surface area contributed by atoms with Crippen LogP contribution in [0.1, 0.15) is 39.4 Å². The molecule has 2 rings (SSSR count). The Morgan fingerprint density at radius 2 is 2.00 bits per heavy atom. The van der Waals surface area contributed by atoms with Crippen molar-refractivity contribution in [1.29, 1.82) is 0 Å². The lowest BCUT2D eigenvalue weighted by atomic mass is 9.94. The van der Waals surface area contributed by atoms with E-state index in [4.69, 9.17) is 10.5 Å². The van der Waals surface area contributed by atoms with Gasteiger partial charge in [0.05, 0.1) is 5.60 Å². The van der Waals surface area contributed by atoms with Crippen LogP contribution in [0.5, 0.6) is 0 Å². The number of aliphatic hydroxyl groups is 1. The Balaban J connectivity index is 2.07. The van der Waals surface area contributed by atoms with Gasteiger partial charge in [0.1, 0.15) is 17.5 Å². The molecule has 0 unspecified atom stereocenters. The number of hydrogen-bond donors (Lipinski definition) is 3. The summed E-state index contributed by atoms with van der Waals surface area (Å²) in [6.45, 7) is 7.75. The fraction of sp³-hybridized carbons (Fsp3) is 0.714. The van der Waals surface area contributed by atoms with Crippen molar-refractivity contribution >= 4 is 11.6 Å². The molecule has 0 saturated carbocycles. The van der Waals surface area contributed by atoms with Crippen LogP contribution in [0.3, 0.4) is 0 Å². The number of anilines is 2. The Bertz CT molecular complexity index is 465. The van der Waals surface area contributed by atoms with E-state index in [1.165, 1.54) is 0 Å². The quantitative estimate of drug-likeness (QED) is 0.773. The first-order chi connectivity index (χ1) is 9.28. The third-order valence-corrected chi connectivity index (χ3v) is 3.44. The van der Waals surface area contributed by atoms with Crippen LogP contribution < -0.4 is 11.1 Å². The average molecular weight is 280 g/mol. The maximum absolute atomic E-state index is 10.4. The Kier molecular flexibility index (Phi) is 4.15. The van der Waals surface area contributed by atoms with Gasteiger partial charge in [0.15, 0.2) is 0 Å². The fourth-order valence-corrected chi connectivity index (χ4v) is 2.08. The molecule has 1 aliphatic heterocycles. The Hall–Kier alpha value is -1.40. The van der Waals surface area contributed by atoms with E-state index in [1.54, 1.807) is 6.07 Å². The maximum Gasteiger partial charge on any atom is 0.138 e. The molecule has 1 fully saturated rings. The highest BCUT2D eigenvalue weighted by Gasteiger charge is 2.29. The summed E-state index contributed by atoms with van der Waals surface area (Å²) in [5, 5.41) is 13.6. The summed E-state index contributed by atoms with van der Waals surface area (Å²) >= 11 is 0. The monoisotopic (exact) mass is 280 g/mol. The van der Waals surface area contributed by atoms with E-state index < -0.39 is 5.60 Å². The van der Waals surface area contributed by atoms with Crippen molar-refractivity contribution in [2.75, 3.05) is 30.8 Å². The van der Waals surface area contributed by atoms with Crippen molar-refractivity contribution in [3.8, 4) is 0 Å². The smallest absolute Gasteiger partial charge is 0.138 e. The first-order valence-electron chi connectivity index (χ1n) is 6.98. The van der Waals surface area contributed by atoms with Crippen molar-refractivity contribution in [3.05, 3.63) is 11.9 Å². The molecule has 112 valence electrons. The van der Waals surface area contributed by atoms with Crippen LogP contribution in [0.2, 0.25) is 0 Å². The van der Waals surface area contributed by atoms with Gasteiger partial charge >= 0.3 is 0 Å². The van der Waals surface area contributed by atoms with Crippen molar-refractivity contribution in [2.24, 2.45) is 0 Å². The number of nitrogens with one attached hydrogen (secondary N) is 1. The normalized spacial score (nSPS) is 18.8. The molecule has 0 amide bonds. The van der Waals surface area contributed by atoms with Gasteiger partial charge in [-0.3, -0.25) is 0 Å². The van der Waals surface area contributed by atoms with Crippen LogP contribution in [0.25, 0.3) is 0 Å². The highest BCUT2D eigenvalue weighted by Crippen LogP contribution is 2.23. The molecule has 1 aromatic heterocycles. The van der Waals surface area contributed by atoms with Crippen molar-refractivity contribution in [3.63, 3.8) is 0 Å². The molecule has 6 nitrogen and oxygen atoms in total. The summed E-state index contributed by atoms with van der Waals surface area (Å²) in [5.41, 5.74) is 4.92. The molecule has 1 saturated heterocycles. The van der Waals surface area contributed by atoms with Gasteiger partial charge in [-0.25, -0.2) is 9.97 Å². The highest BCUT2D eigenvalue weighted by molar-refractivity contribution is 5.45. The molecule has 1 aromatic rings. The predicted molar refractivity (Wildman–Crippen MR) is 78.6 cm³/mol. The van der Waals surface area contributed by atoms with Crippen molar-refractivity contribution < 1.29 is 9.84 Å². The molecule has 0 aromatic carbocycles. The van der Waals surface area contributed by atoms with Gasteiger partial charge in [0, 0.05) is 44.1 Å². The molecule has 6 heteroatoms. The fourth-order valence-electron chi connectivity index (χ4n) is 2.08. The molecular formula is C14H24N4O2. The van der Waals surface area contributed by atoms with Gasteiger partial charge in [-0.2, -0.15) is 0 Å². The van der Waals surface area contributed by atoms with Gasteiger partial charge < -0.3 is 20.9 Å². The number of nitrogens with zero attached hydrogens (tertiary/aromatic N) is 2. The molecule has 0 aliphatic carbocycles. The minimum atomic E-state index is -0.736. The summed E-state index contributed by atoms with van der Waals surface area (Å²) in [6.07, 6.45) is 1.26. The largest absolute Gasteiger partial charge is 0.388 e. The zero-order valence-electron chi connectivity index (χ0n) is 12.4. The third-order valence-electron chi connectivity index (χ3n) is 3.44. The Labute approximate surface area is 119 Å². The van der Waals surface area contributed by atoms with E-state index in [-0.39, 0.29) is 5.41 Å². The summed E-state index contributed by atoms with van der Waals surface area (Å²) in [6, 6.07) is 1.69. The summed E-state index contributed by atoms with van der Waals surface area (Å²) in [5.74, 6) is 1.78. The second-order valence-corrected chi connectivity index (χ2v) is 6.44. The van der Waals surface area contributed by atoms with Crippen LogP contribution in [-0.4, -0.2) is 40.4 Å². The topological polar surface area (TPSA) is 93.3 Å². The van der Waals surface area contributed by atoms with Crippen LogP contribution in [0.15, 0.2) is 6.07 Å². The number of ether oxygens (including phenoxy) is 1. The molecule has 0 radical (unpaired) electrons. The van der Waals surface area contributed by atoms with E-state index in [2.05, 4.69) is 15.3 Å². The minimum Gasteiger partial charge on any atom is -0.388 e. The van der Waals surface area contributed by atoms with Crippen LogP contribution in [0, 0.1) is 0 Å². The van der Waals surface area contributed by atoms with E-state index >= 15 is 0 Å². The molecule has 4 N–H and O–H groups in total. The van der Waals surface area contributed by atoms with Gasteiger partial charge in [0.25, 0.3) is 0 Å². The van der Waals surface area contributed by atoms with Gasteiger partial charge in [-0.05, 0) is 0 Å². The Morgan fingerprint density at radius 3 is 2.60 bits per heavy atom. The molecule has 20 heavy (non-hydrogen) atoms. The lowest BCUT2D eigenvalue weighted by molar-refractivity contribution is -0.0543. The minimum absolute atomic E-state index is 0.165. The second kappa shape index (κ2) is 5.54. The number of rotatable bonds is 3. The van der Waals surface area contributed by atoms with Gasteiger partial charge in [-0.1, -0.05) is 20.8 Å². The lowest BCUT2D eigenvalue weighted by Gasteiger charge is -2.32. The molecule has 0 spiro atoms. The first-order valence-corrected chi connectivity index (χ1v) is 6.98. The second-order valence-electron chi connectivity index (χ2n) is 6.44. The van der Waals surface area contributed by atoms with E-state index in [0.717, 1.165) is 0 Å². The number of nitrogens with two attached hydrogens (primary N) is 1. The summed E-state index contributed by atoms with van der Waals surface area (Å²) in [7, 11) is 0. The maximum atomic E-state index is 10.4. The van der Waals surface area contributed by atoms with Crippen molar-refractivity contribution in [2.45, 2.75) is 44.6 Å². The van der Waals surface area contributed by atoms with Gasteiger partial charge in [0.2, 0.25) is 0 Å². The zero-order valence-corrected chi connectivity index (χ0v) is 12.4. The summed E-state index contributed by atoms with van der Waals surface area (Å²) < 4.78 is 5.27. The Morgan fingerprint density at radius 1 is 1.35 bits per heavy atom. The summed E-state index contributed by atoms with van der Waals surface area (Å²) in [4.78, 5) is 8.74. The molecule has 1 aliphatic rings. The molecule has 2 heterocycles. The van der Waals surface area contributed by atoms with E-state index in [9.17, 15) is 5.11 Å². The SMILES string of the molecule is CC(C)(C)c1nc(N)cc(NCC2(O)CCOCC2)n1. The van der Waals surface area contributed by atoms with E-state index in [0.29, 0.717) is 50.1 Å². The highest BCUT2D eigenvalue weighted by atomic mass is 16.5.